The van der Waals surface area contributed by atoms with E-state index in [4.69, 9.17) is 17.0 Å². The van der Waals surface area contributed by atoms with Gasteiger partial charge >= 0.3 is 0 Å². The highest BCUT2D eigenvalue weighted by atomic mass is 19.2. The van der Waals surface area contributed by atoms with Gasteiger partial charge in [-0.1, -0.05) is 26.0 Å². The van der Waals surface area contributed by atoms with Crippen LogP contribution in [0.15, 0.2) is 54.5 Å². The maximum atomic E-state index is 15.5. The Labute approximate surface area is 233 Å². The summed E-state index contributed by atoms with van der Waals surface area (Å²) in [5.41, 5.74) is 6.89. The van der Waals surface area contributed by atoms with Crippen molar-refractivity contribution in [1.82, 2.24) is 24.6 Å². The number of nitrogens with two attached hydrogens (primary N) is 1. The number of hydrogen-bond acceptors (Lipinski definition) is 6. The van der Waals surface area contributed by atoms with Gasteiger partial charge in [0.1, 0.15) is 29.4 Å². The van der Waals surface area contributed by atoms with Gasteiger partial charge in [0.05, 0.1) is 18.0 Å². The molecule has 2 N–H and O–H groups in total. The topological polar surface area (TPSA) is 104 Å². The van der Waals surface area contributed by atoms with Crippen molar-refractivity contribution in [3.63, 3.8) is 0 Å². The lowest BCUT2D eigenvalue weighted by atomic mass is 10.0. The number of benzene rings is 2. The summed E-state index contributed by atoms with van der Waals surface area (Å²) in [6, 6.07) is 6.99. The molecule has 0 aliphatic carbocycles. The van der Waals surface area contributed by atoms with Crippen molar-refractivity contribution in [2.45, 2.75) is 32.7 Å². The molecule has 2 aromatic heterocycles. The van der Waals surface area contributed by atoms with Crippen molar-refractivity contribution in [2.75, 3.05) is 18.8 Å². The summed E-state index contributed by atoms with van der Waals surface area (Å²) in [7, 11) is 0. The quantitative estimate of drug-likeness (QED) is 0.232. The highest BCUT2D eigenvalue weighted by Gasteiger charge is 2.30. The molecule has 12 heteroatoms. The SMILES string of the molecule is [C-]#[N+]/C(=C\C(C)C)C(=O)N1CCC[C@@H](n2nc(-c3ccc(Oc4cccc(F)c4F)cc3F)c3c(N)ncnc32)C1. The van der Waals surface area contributed by atoms with Crippen LogP contribution in [0.2, 0.25) is 0 Å². The van der Waals surface area contributed by atoms with E-state index in [0.29, 0.717) is 30.4 Å². The Kier molecular flexibility index (Phi) is 7.61. The van der Waals surface area contributed by atoms with Gasteiger partial charge in [0, 0.05) is 24.7 Å². The maximum Gasteiger partial charge on any atom is 0.252 e. The molecule has 0 spiro atoms. The number of ether oxygens (including phenoxy) is 1. The maximum absolute atomic E-state index is 15.5. The van der Waals surface area contributed by atoms with E-state index in [1.165, 1.54) is 30.6 Å². The number of hydrogen-bond donors (Lipinski definition) is 1. The molecule has 1 fully saturated rings. The van der Waals surface area contributed by atoms with Crippen LogP contribution in [0.1, 0.15) is 32.7 Å². The molecule has 0 radical (unpaired) electrons. The number of aromatic nitrogens is 4. The van der Waals surface area contributed by atoms with E-state index >= 15 is 4.39 Å². The minimum absolute atomic E-state index is 0.0421. The minimum atomic E-state index is -1.19. The van der Waals surface area contributed by atoms with Crippen LogP contribution < -0.4 is 10.5 Å². The molecule has 210 valence electrons. The van der Waals surface area contributed by atoms with Gasteiger partial charge in [0.25, 0.3) is 5.91 Å². The van der Waals surface area contributed by atoms with Crippen LogP contribution in [0.3, 0.4) is 0 Å². The number of anilines is 1. The predicted molar refractivity (Wildman–Crippen MR) is 146 cm³/mol. The number of nitrogen functional groups attached to an aromatic ring is 1. The van der Waals surface area contributed by atoms with Crippen molar-refractivity contribution in [3.8, 4) is 22.8 Å². The summed E-state index contributed by atoms with van der Waals surface area (Å²) in [5.74, 6) is -3.65. The van der Waals surface area contributed by atoms with Crippen molar-refractivity contribution in [2.24, 2.45) is 5.92 Å². The van der Waals surface area contributed by atoms with E-state index < -0.39 is 17.5 Å². The third-order valence-corrected chi connectivity index (χ3v) is 6.72. The minimum Gasteiger partial charge on any atom is -0.454 e. The van der Waals surface area contributed by atoms with Crippen LogP contribution in [-0.4, -0.2) is 43.6 Å². The molecule has 0 unspecified atom stereocenters. The first-order chi connectivity index (χ1) is 19.7. The second kappa shape index (κ2) is 11.3. The van der Waals surface area contributed by atoms with Crippen molar-refractivity contribution in [1.29, 1.82) is 0 Å². The molecule has 1 amide bonds. The first-order valence-electron chi connectivity index (χ1n) is 13.0. The van der Waals surface area contributed by atoms with Gasteiger partial charge in [0.15, 0.2) is 17.2 Å². The normalized spacial score (nSPS) is 15.8. The van der Waals surface area contributed by atoms with Crippen molar-refractivity contribution < 1.29 is 22.7 Å². The monoisotopic (exact) mass is 561 g/mol. The lowest BCUT2D eigenvalue weighted by Gasteiger charge is -2.33. The van der Waals surface area contributed by atoms with Crippen molar-refractivity contribution in [3.05, 3.63) is 83.4 Å². The fourth-order valence-electron chi connectivity index (χ4n) is 4.85. The summed E-state index contributed by atoms with van der Waals surface area (Å²) >= 11 is 0. The number of amides is 1. The van der Waals surface area contributed by atoms with Crippen LogP contribution in [0, 0.1) is 29.9 Å². The van der Waals surface area contributed by atoms with Crippen LogP contribution >= 0.6 is 0 Å². The molecule has 0 bridgehead atoms. The number of halogens is 3. The second-order valence-electron chi connectivity index (χ2n) is 10.0. The third kappa shape index (κ3) is 5.43. The molecule has 2 aromatic carbocycles. The van der Waals surface area contributed by atoms with Gasteiger partial charge in [0.2, 0.25) is 11.5 Å². The molecule has 1 saturated heterocycles. The number of carbonyl (C=O) groups excluding carboxylic acids is 1. The van der Waals surface area contributed by atoms with Crippen molar-refractivity contribution >= 4 is 22.8 Å². The smallest absolute Gasteiger partial charge is 0.252 e. The third-order valence-electron chi connectivity index (χ3n) is 6.72. The highest BCUT2D eigenvalue weighted by molar-refractivity contribution is 5.98. The van der Waals surface area contributed by atoms with Gasteiger partial charge in [-0.25, -0.2) is 28.3 Å². The average Bonchev–Trinajstić information content (AvgIpc) is 3.34. The number of fused-ring (bicyclic) bond motifs is 1. The van der Waals surface area contributed by atoms with Gasteiger partial charge in [-0.2, -0.15) is 9.49 Å². The van der Waals surface area contributed by atoms with Gasteiger partial charge in [-0.15, -0.1) is 0 Å². The Morgan fingerprint density at radius 1 is 1.20 bits per heavy atom. The van der Waals surface area contributed by atoms with Gasteiger partial charge in [-0.05, 0) is 43.0 Å². The lowest BCUT2D eigenvalue weighted by Crippen LogP contribution is -2.41. The summed E-state index contributed by atoms with van der Waals surface area (Å²) in [6.07, 6.45) is 4.26. The van der Waals surface area contributed by atoms with E-state index in [1.807, 2.05) is 13.8 Å². The number of likely N-dealkylation sites (tertiary alicyclic amines) is 1. The first-order valence-corrected chi connectivity index (χ1v) is 13.0. The molecule has 1 aliphatic rings. The standard InChI is InChI=1S/C29H26F3N7O2/c1-16(2)12-22(34-3)29(40)38-11-5-6-17(14-38)39-28-24(27(33)35-15-36-28)26(37-39)19-10-9-18(13-21(19)31)41-23-8-4-7-20(30)25(23)32/h4,7-10,12-13,15-17H,5-6,11,14H2,1-2H3,(H2,33,35,36)/b22-12-/t17-/m1/s1. The van der Waals surface area contributed by atoms with E-state index in [2.05, 4.69) is 19.9 Å². The van der Waals surface area contributed by atoms with Crippen LogP contribution in [-0.2, 0) is 4.79 Å². The fourth-order valence-corrected chi connectivity index (χ4v) is 4.85. The second-order valence-corrected chi connectivity index (χ2v) is 10.0. The van der Waals surface area contributed by atoms with Gasteiger partial charge in [-0.3, -0.25) is 4.79 Å². The van der Waals surface area contributed by atoms with Gasteiger partial charge < -0.3 is 15.4 Å². The molecular formula is C29H26F3N7O2. The lowest BCUT2D eigenvalue weighted by molar-refractivity contribution is -0.128. The molecule has 9 nitrogen and oxygen atoms in total. The Morgan fingerprint density at radius 3 is 2.73 bits per heavy atom. The zero-order valence-corrected chi connectivity index (χ0v) is 22.3. The summed E-state index contributed by atoms with van der Waals surface area (Å²) < 4.78 is 50.1. The first kappa shape index (κ1) is 27.6. The molecule has 1 aliphatic heterocycles. The molecule has 5 rings (SSSR count). The number of piperidine rings is 1. The largest absolute Gasteiger partial charge is 0.454 e. The molecule has 4 aromatic rings. The Morgan fingerprint density at radius 2 is 2.00 bits per heavy atom. The number of nitrogens with zero attached hydrogens (tertiary/aromatic N) is 6. The van der Waals surface area contributed by atoms with Crippen LogP contribution in [0.25, 0.3) is 27.1 Å². The van der Waals surface area contributed by atoms with Crippen LogP contribution in [0.5, 0.6) is 11.5 Å². The van der Waals surface area contributed by atoms with E-state index in [0.717, 1.165) is 12.1 Å². The Hall–Kier alpha value is -4.92. The molecule has 41 heavy (non-hydrogen) atoms. The molecule has 0 saturated carbocycles. The Balaban J connectivity index is 1.50. The zero-order chi connectivity index (χ0) is 29.3. The number of carbonyl (C=O) groups is 1. The van der Waals surface area contributed by atoms with E-state index in [1.54, 1.807) is 15.7 Å². The number of rotatable bonds is 6. The predicted octanol–water partition coefficient (Wildman–Crippen LogP) is 5.91. The van der Waals surface area contributed by atoms with E-state index in [-0.39, 0.29) is 58.7 Å². The van der Waals surface area contributed by atoms with Crippen LogP contribution in [0.4, 0.5) is 19.0 Å². The molecule has 3 heterocycles. The molecular weight excluding hydrogens is 535 g/mol. The summed E-state index contributed by atoms with van der Waals surface area (Å²) in [5, 5.41) is 5.02. The average molecular weight is 562 g/mol. The Bertz CT molecular complexity index is 1710. The fraction of sp³-hybridized carbons (Fsp3) is 0.276. The summed E-state index contributed by atoms with van der Waals surface area (Å²) in [4.78, 5) is 26.6. The zero-order valence-electron chi connectivity index (χ0n) is 22.3. The molecule has 1 atom stereocenters. The highest BCUT2D eigenvalue weighted by Crippen LogP contribution is 2.37. The summed E-state index contributed by atoms with van der Waals surface area (Å²) in [6.45, 7) is 12.0. The van der Waals surface area contributed by atoms with E-state index in [9.17, 15) is 13.6 Å². The number of allylic oxidation sites excluding steroid dienone is 1.